The zero-order valence-corrected chi connectivity index (χ0v) is 17.3. The predicted molar refractivity (Wildman–Crippen MR) is 111 cm³/mol. The number of aromatic nitrogens is 4. The zero-order chi connectivity index (χ0) is 19.7. The van der Waals surface area contributed by atoms with E-state index in [1.165, 1.54) is 23.0 Å². The van der Waals surface area contributed by atoms with Crippen LogP contribution in [0.1, 0.15) is 31.1 Å². The van der Waals surface area contributed by atoms with Gasteiger partial charge < -0.3 is 14.0 Å². The van der Waals surface area contributed by atoms with E-state index in [9.17, 15) is 4.79 Å². The number of carbonyl (C=O) groups excluding carboxylic acids is 1. The van der Waals surface area contributed by atoms with Crippen molar-refractivity contribution in [2.24, 2.45) is 0 Å². The molecule has 1 aliphatic heterocycles. The molecule has 4 rings (SSSR count). The molecular weight excluding hydrogens is 370 g/mol. The molecule has 0 N–H and O–H groups in total. The standard InChI is InChI=1S/C21H25N5OS/c1-4-25-20(17-8-5-7-15(2)13-17)22-23-21(25)28-14-19(27)26-12-11-24-10-6-9-18(24)16(26)3/h5-10,13,16H,4,11-12,14H2,1-3H3. The van der Waals surface area contributed by atoms with E-state index in [-0.39, 0.29) is 11.9 Å². The molecule has 0 saturated heterocycles. The fourth-order valence-electron chi connectivity index (χ4n) is 3.81. The van der Waals surface area contributed by atoms with Gasteiger partial charge in [0.1, 0.15) is 0 Å². The van der Waals surface area contributed by atoms with Crippen molar-refractivity contribution in [2.45, 2.75) is 45.1 Å². The van der Waals surface area contributed by atoms with E-state index in [0.29, 0.717) is 5.75 Å². The van der Waals surface area contributed by atoms with Crippen molar-refractivity contribution in [3.05, 3.63) is 53.9 Å². The second-order valence-electron chi connectivity index (χ2n) is 7.10. The number of thioether (sulfide) groups is 1. The summed E-state index contributed by atoms with van der Waals surface area (Å²) in [6.07, 6.45) is 2.08. The van der Waals surface area contributed by atoms with Gasteiger partial charge >= 0.3 is 0 Å². The van der Waals surface area contributed by atoms with Gasteiger partial charge in [0.25, 0.3) is 0 Å². The van der Waals surface area contributed by atoms with E-state index in [1.54, 1.807) is 0 Å². The number of nitrogens with zero attached hydrogens (tertiary/aromatic N) is 5. The van der Waals surface area contributed by atoms with Crippen LogP contribution in [0.5, 0.6) is 0 Å². The minimum absolute atomic E-state index is 0.101. The first-order chi connectivity index (χ1) is 13.6. The number of carbonyl (C=O) groups is 1. The Labute approximate surface area is 169 Å². The molecule has 1 unspecified atom stereocenters. The Hall–Kier alpha value is -2.54. The van der Waals surface area contributed by atoms with E-state index in [2.05, 4.69) is 64.5 Å². The van der Waals surface area contributed by atoms with Gasteiger partial charge in [0.2, 0.25) is 5.91 Å². The normalized spacial score (nSPS) is 16.2. The molecule has 1 aliphatic rings. The Kier molecular flexibility index (Phi) is 5.26. The van der Waals surface area contributed by atoms with Crippen molar-refractivity contribution in [3.63, 3.8) is 0 Å². The Morgan fingerprint density at radius 3 is 2.86 bits per heavy atom. The lowest BCUT2D eigenvalue weighted by Crippen LogP contribution is -2.41. The fraction of sp³-hybridized carbons (Fsp3) is 0.381. The van der Waals surface area contributed by atoms with Gasteiger partial charge in [0.15, 0.2) is 11.0 Å². The molecule has 0 fully saturated rings. The summed E-state index contributed by atoms with van der Waals surface area (Å²) in [5.74, 6) is 1.37. The summed E-state index contributed by atoms with van der Waals surface area (Å²) in [6, 6.07) is 12.5. The fourth-order valence-corrected chi connectivity index (χ4v) is 4.70. The second kappa shape index (κ2) is 7.83. The molecule has 146 valence electrons. The minimum Gasteiger partial charge on any atom is -0.348 e. The second-order valence-corrected chi connectivity index (χ2v) is 8.04. The molecule has 7 heteroatoms. The average Bonchev–Trinajstić information content (AvgIpc) is 3.33. The summed E-state index contributed by atoms with van der Waals surface area (Å²) < 4.78 is 4.31. The Balaban J connectivity index is 1.47. The summed E-state index contributed by atoms with van der Waals surface area (Å²) in [7, 11) is 0. The highest BCUT2D eigenvalue weighted by atomic mass is 32.2. The van der Waals surface area contributed by atoms with Gasteiger partial charge in [-0.1, -0.05) is 35.5 Å². The lowest BCUT2D eigenvalue weighted by Gasteiger charge is -2.34. The lowest BCUT2D eigenvalue weighted by atomic mass is 10.1. The maximum Gasteiger partial charge on any atom is 0.233 e. The van der Waals surface area contributed by atoms with Gasteiger partial charge in [0, 0.05) is 37.1 Å². The van der Waals surface area contributed by atoms with E-state index >= 15 is 0 Å². The van der Waals surface area contributed by atoms with Crippen LogP contribution in [0.3, 0.4) is 0 Å². The van der Waals surface area contributed by atoms with Crippen LogP contribution in [0, 0.1) is 6.92 Å². The van der Waals surface area contributed by atoms with E-state index < -0.39 is 0 Å². The molecule has 1 aromatic carbocycles. The molecule has 1 atom stereocenters. The van der Waals surface area contributed by atoms with E-state index in [4.69, 9.17) is 0 Å². The number of rotatable bonds is 5. The highest BCUT2D eigenvalue weighted by molar-refractivity contribution is 7.99. The van der Waals surface area contributed by atoms with Crippen LogP contribution in [0.2, 0.25) is 0 Å². The number of hydrogen-bond acceptors (Lipinski definition) is 4. The maximum absolute atomic E-state index is 12.9. The zero-order valence-electron chi connectivity index (χ0n) is 16.5. The molecule has 6 nitrogen and oxygen atoms in total. The van der Waals surface area contributed by atoms with Crippen LogP contribution in [-0.4, -0.2) is 42.4 Å². The highest BCUT2D eigenvalue weighted by Crippen LogP contribution is 2.28. The molecule has 28 heavy (non-hydrogen) atoms. The smallest absolute Gasteiger partial charge is 0.233 e. The van der Waals surface area contributed by atoms with Gasteiger partial charge in [-0.2, -0.15) is 0 Å². The third-order valence-electron chi connectivity index (χ3n) is 5.30. The van der Waals surface area contributed by atoms with Gasteiger partial charge in [-0.3, -0.25) is 4.79 Å². The van der Waals surface area contributed by atoms with E-state index in [0.717, 1.165) is 36.2 Å². The third-order valence-corrected chi connectivity index (χ3v) is 6.25. The Morgan fingerprint density at radius 1 is 1.21 bits per heavy atom. The molecule has 3 heterocycles. The van der Waals surface area contributed by atoms with Crippen molar-refractivity contribution in [1.82, 2.24) is 24.2 Å². The van der Waals surface area contributed by atoms with Crippen molar-refractivity contribution in [3.8, 4) is 11.4 Å². The quantitative estimate of drug-likeness (QED) is 0.617. The van der Waals surface area contributed by atoms with Gasteiger partial charge in [-0.15, -0.1) is 10.2 Å². The predicted octanol–water partition coefficient (Wildman–Crippen LogP) is 3.77. The Bertz CT molecular complexity index is 992. The molecule has 1 amide bonds. The molecule has 0 saturated carbocycles. The van der Waals surface area contributed by atoms with Crippen molar-refractivity contribution >= 4 is 17.7 Å². The summed E-state index contributed by atoms with van der Waals surface area (Å²) in [5.41, 5.74) is 3.44. The largest absolute Gasteiger partial charge is 0.348 e. The number of amides is 1. The van der Waals surface area contributed by atoms with Crippen LogP contribution in [0.4, 0.5) is 0 Å². The lowest BCUT2D eigenvalue weighted by molar-refractivity contribution is -0.131. The number of hydrogen-bond donors (Lipinski definition) is 0. The molecular formula is C21H25N5OS. The molecule has 0 aliphatic carbocycles. The van der Waals surface area contributed by atoms with Crippen LogP contribution < -0.4 is 0 Å². The van der Waals surface area contributed by atoms with Gasteiger partial charge in [-0.05, 0) is 39.0 Å². The van der Waals surface area contributed by atoms with Crippen molar-refractivity contribution in [1.29, 1.82) is 0 Å². The number of fused-ring (bicyclic) bond motifs is 1. The third kappa shape index (κ3) is 3.46. The van der Waals surface area contributed by atoms with Crippen LogP contribution >= 0.6 is 11.8 Å². The van der Waals surface area contributed by atoms with Gasteiger partial charge in [0.05, 0.1) is 11.8 Å². The molecule has 0 spiro atoms. The highest BCUT2D eigenvalue weighted by Gasteiger charge is 2.27. The van der Waals surface area contributed by atoms with Crippen molar-refractivity contribution < 1.29 is 4.79 Å². The Morgan fingerprint density at radius 2 is 2.07 bits per heavy atom. The maximum atomic E-state index is 12.9. The first-order valence-electron chi connectivity index (χ1n) is 9.66. The minimum atomic E-state index is 0.101. The van der Waals surface area contributed by atoms with E-state index in [1.807, 2.05) is 23.1 Å². The average molecular weight is 396 g/mol. The number of aryl methyl sites for hydroxylation is 1. The first-order valence-corrected chi connectivity index (χ1v) is 10.6. The monoisotopic (exact) mass is 395 g/mol. The SMILES string of the molecule is CCn1c(SCC(=O)N2CCn3cccc3C2C)nnc1-c1cccc(C)c1. The van der Waals surface area contributed by atoms with Crippen LogP contribution in [0.25, 0.3) is 11.4 Å². The van der Waals surface area contributed by atoms with Crippen LogP contribution in [0.15, 0.2) is 47.8 Å². The van der Waals surface area contributed by atoms with Crippen molar-refractivity contribution in [2.75, 3.05) is 12.3 Å². The number of benzene rings is 1. The summed E-state index contributed by atoms with van der Waals surface area (Å²) in [5, 5.41) is 9.54. The van der Waals surface area contributed by atoms with Gasteiger partial charge in [-0.25, -0.2) is 0 Å². The molecule has 2 aromatic heterocycles. The molecule has 3 aromatic rings. The topological polar surface area (TPSA) is 56.0 Å². The molecule has 0 bridgehead atoms. The van der Waals surface area contributed by atoms with Crippen LogP contribution in [-0.2, 0) is 17.9 Å². The summed E-state index contributed by atoms with van der Waals surface area (Å²) >= 11 is 1.47. The molecule has 0 radical (unpaired) electrons. The summed E-state index contributed by atoms with van der Waals surface area (Å²) in [6.45, 7) is 8.61. The first kappa shape index (κ1) is 18.8. The summed E-state index contributed by atoms with van der Waals surface area (Å²) in [4.78, 5) is 14.8.